The lowest BCUT2D eigenvalue weighted by Gasteiger charge is -2.09. The summed E-state index contributed by atoms with van der Waals surface area (Å²) in [6.07, 6.45) is 0. The molecule has 0 fully saturated rings. The fourth-order valence-electron chi connectivity index (χ4n) is 2.93. The number of hydrogen-bond acceptors (Lipinski definition) is 13. The van der Waals surface area contributed by atoms with Crippen molar-refractivity contribution in [3.05, 3.63) is 24.3 Å². The van der Waals surface area contributed by atoms with Crippen molar-refractivity contribution in [3.8, 4) is 5.75 Å². The van der Waals surface area contributed by atoms with Gasteiger partial charge in [0.25, 0.3) is 0 Å². The summed E-state index contributed by atoms with van der Waals surface area (Å²) < 4.78 is 59.5. The van der Waals surface area contributed by atoms with Crippen LogP contribution in [0.3, 0.4) is 0 Å². The zero-order valence-corrected chi connectivity index (χ0v) is 24.4. The summed E-state index contributed by atoms with van der Waals surface area (Å²) in [7, 11) is 0. The van der Waals surface area contributed by atoms with Crippen LogP contribution in [0.5, 0.6) is 5.75 Å². The van der Waals surface area contributed by atoms with Crippen molar-refractivity contribution in [1.82, 2.24) is 0 Å². The van der Waals surface area contributed by atoms with Crippen LogP contribution in [0.1, 0.15) is 0 Å². The number of aliphatic hydroxyl groups is 1. The van der Waals surface area contributed by atoms with Crippen molar-refractivity contribution in [1.29, 1.82) is 0 Å². The van der Waals surface area contributed by atoms with Gasteiger partial charge in [-0.15, -0.1) is 0 Å². The molecule has 240 valence electrons. The molecule has 0 saturated heterocycles. The maximum absolute atomic E-state index is 8.57. The van der Waals surface area contributed by atoms with Gasteiger partial charge >= 0.3 is 0 Å². The number of nitrogens with two attached hydrogens (primary N) is 1. The monoisotopic (exact) mass is 593 g/mol. The minimum Gasteiger partial charge on any atom is -0.491 e. The van der Waals surface area contributed by atoms with Gasteiger partial charge in [0.2, 0.25) is 0 Å². The first-order valence-corrected chi connectivity index (χ1v) is 14.2. The van der Waals surface area contributed by atoms with Crippen LogP contribution < -0.4 is 10.5 Å². The van der Waals surface area contributed by atoms with Gasteiger partial charge in [0.15, 0.2) is 0 Å². The molecule has 13 heteroatoms. The first kappa shape index (κ1) is 37.4. The van der Waals surface area contributed by atoms with Crippen molar-refractivity contribution in [2.75, 3.05) is 151 Å². The van der Waals surface area contributed by atoms with Crippen LogP contribution in [0.4, 0.5) is 5.69 Å². The molecule has 1 rings (SSSR count). The Morgan fingerprint density at radius 3 is 0.878 bits per heavy atom. The van der Waals surface area contributed by atoms with Crippen LogP contribution in [0.25, 0.3) is 0 Å². The highest BCUT2D eigenvalue weighted by Crippen LogP contribution is 2.12. The van der Waals surface area contributed by atoms with Crippen molar-refractivity contribution in [3.63, 3.8) is 0 Å². The van der Waals surface area contributed by atoms with Crippen LogP contribution in [0, 0.1) is 0 Å². The van der Waals surface area contributed by atoms with Crippen molar-refractivity contribution in [2.24, 2.45) is 0 Å². The van der Waals surface area contributed by atoms with E-state index in [1.165, 1.54) is 0 Å². The summed E-state index contributed by atoms with van der Waals surface area (Å²) in [5, 5.41) is 8.57. The van der Waals surface area contributed by atoms with E-state index in [4.69, 9.17) is 62.9 Å². The molecule has 41 heavy (non-hydrogen) atoms. The third-order valence-electron chi connectivity index (χ3n) is 4.96. The van der Waals surface area contributed by atoms with Gasteiger partial charge in [0, 0.05) is 5.69 Å². The van der Waals surface area contributed by atoms with Gasteiger partial charge in [-0.2, -0.15) is 0 Å². The van der Waals surface area contributed by atoms with Crippen LogP contribution in [-0.4, -0.2) is 150 Å². The van der Waals surface area contributed by atoms with Crippen molar-refractivity contribution < 1.29 is 57.2 Å². The third kappa shape index (κ3) is 28.3. The van der Waals surface area contributed by atoms with E-state index >= 15 is 0 Å². The quantitative estimate of drug-likeness (QED) is 0.0876. The average molecular weight is 594 g/mol. The van der Waals surface area contributed by atoms with Crippen LogP contribution in [0.2, 0.25) is 0 Å². The topological polar surface area (TPSA) is 148 Å². The lowest BCUT2D eigenvalue weighted by molar-refractivity contribution is -0.0270. The number of rotatable bonds is 33. The summed E-state index contributed by atoms with van der Waals surface area (Å²) in [5.74, 6) is 0.771. The third-order valence-corrected chi connectivity index (χ3v) is 4.96. The minimum atomic E-state index is 0.0252. The predicted molar refractivity (Wildman–Crippen MR) is 152 cm³/mol. The van der Waals surface area contributed by atoms with Gasteiger partial charge in [0.1, 0.15) is 12.4 Å². The molecule has 0 atom stereocenters. The molecule has 0 amide bonds. The predicted octanol–water partition coefficient (Wildman–Crippen LogP) is 0.806. The maximum Gasteiger partial charge on any atom is 0.119 e. The molecular weight excluding hydrogens is 542 g/mol. The van der Waals surface area contributed by atoms with Gasteiger partial charge < -0.3 is 62.9 Å². The van der Waals surface area contributed by atoms with E-state index in [1.54, 1.807) is 12.1 Å². The molecule has 0 aliphatic heterocycles. The van der Waals surface area contributed by atoms with E-state index < -0.39 is 0 Å². The number of benzene rings is 1. The Morgan fingerprint density at radius 2 is 0.610 bits per heavy atom. The van der Waals surface area contributed by atoms with Crippen molar-refractivity contribution >= 4 is 5.69 Å². The highest BCUT2D eigenvalue weighted by molar-refractivity contribution is 5.41. The normalized spacial score (nSPS) is 11.3. The fraction of sp³-hybridized carbons (Fsp3) is 0.786. The highest BCUT2D eigenvalue weighted by atomic mass is 16.6. The first-order chi connectivity index (χ1) is 20.3. The molecule has 0 radical (unpaired) electrons. The second kappa shape index (κ2) is 31.3. The van der Waals surface area contributed by atoms with Crippen molar-refractivity contribution in [2.45, 2.75) is 0 Å². The number of ether oxygens (including phenoxy) is 11. The maximum atomic E-state index is 8.57. The Balaban J connectivity index is 1.63. The molecular formula is C28H51NO12. The summed E-state index contributed by atoms with van der Waals surface area (Å²) in [6.45, 7) is 10.4. The van der Waals surface area contributed by atoms with E-state index in [9.17, 15) is 0 Å². The van der Waals surface area contributed by atoms with Gasteiger partial charge in [0.05, 0.1) is 139 Å². The smallest absolute Gasteiger partial charge is 0.119 e. The molecule has 13 nitrogen and oxygen atoms in total. The Morgan fingerprint density at radius 1 is 0.366 bits per heavy atom. The standard InChI is InChI=1S/C28H51NO12/c29-27-1-3-28(4-2-27)41-26-25-40-24-23-39-22-21-38-20-19-37-18-17-36-16-15-35-14-13-34-12-11-33-10-9-32-8-7-31-6-5-30/h1-4,30H,5-26,29H2. The van der Waals surface area contributed by atoms with Gasteiger partial charge in [-0.1, -0.05) is 0 Å². The molecule has 3 N–H and O–H groups in total. The second-order valence-corrected chi connectivity index (χ2v) is 8.26. The molecule has 0 saturated carbocycles. The Hall–Kier alpha value is -1.62. The fourth-order valence-corrected chi connectivity index (χ4v) is 2.93. The zero-order valence-electron chi connectivity index (χ0n) is 24.4. The molecule has 0 bridgehead atoms. The summed E-state index contributed by atoms with van der Waals surface area (Å²) in [4.78, 5) is 0. The molecule has 0 unspecified atom stereocenters. The highest BCUT2D eigenvalue weighted by Gasteiger charge is 1.97. The van der Waals surface area contributed by atoms with E-state index in [1.807, 2.05) is 12.1 Å². The summed E-state index contributed by atoms with van der Waals surface area (Å²) >= 11 is 0. The molecule has 0 heterocycles. The number of nitrogen functional groups attached to an aromatic ring is 1. The SMILES string of the molecule is Nc1ccc(OCCOCCOCCOCCOCCOCCOCCOCCOCCOCCOCCO)cc1. The summed E-state index contributed by atoms with van der Waals surface area (Å²) in [6, 6.07) is 7.26. The average Bonchev–Trinajstić information content (AvgIpc) is 2.98. The molecule has 0 aromatic heterocycles. The van der Waals surface area contributed by atoms with Crippen LogP contribution in [0.15, 0.2) is 24.3 Å². The van der Waals surface area contributed by atoms with E-state index in [0.717, 1.165) is 5.75 Å². The number of aliphatic hydroxyl groups excluding tert-OH is 1. The molecule has 0 aliphatic rings. The molecule has 0 aliphatic carbocycles. The van der Waals surface area contributed by atoms with Crippen LogP contribution in [-0.2, 0) is 47.4 Å². The number of hydrogen-bond donors (Lipinski definition) is 2. The zero-order chi connectivity index (χ0) is 29.3. The molecule has 1 aromatic rings. The van der Waals surface area contributed by atoms with Gasteiger partial charge in [-0.05, 0) is 24.3 Å². The lowest BCUT2D eigenvalue weighted by Crippen LogP contribution is -2.15. The summed E-state index contributed by atoms with van der Waals surface area (Å²) in [5.41, 5.74) is 6.34. The minimum absolute atomic E-state index is 0.0252. The van der Waals surface area contributed by atoms with Crippen LogP contribution >= 0.6 is 0 Å². The largest absolute Gasteiger partial charge is 0.491 e. The number of anilines is 1. The van der Waals surface area contributed by atoms with E-state index in [-0.39, 0.29) is 6.61 Å². The second-order valence-electron chi connectivity index (χ2n) is 8.26. The van der Waals surface area contributed by atoms with E-state index in [2.05, 4.69) is 0 Å². The first-order valence-electron chi connectivity index (χ1n) is 14.2. The molecule has 0 spiro atoms. The lowest BCUT2D eigenvalue weighted by atomic mass is 10.3. The van der Waals surface area contributed by atoms with Gasteiger partial charge in [-0.25, -0.2) is 0 Å². The Labute approximate surface area is 244 Å². The molecule has 1 aromatic carbocycles. The Bertz CT molecular complexity index is 641. The van der Waals surface area contributed by atoms with E-state index in [0.29, 0.717) is 144 Å². The van der Waals surface area contributed by atoms with Gasteiger partial charge in [-0.3, -0.25) is 0 Å². The Kier molecular flexibility index (Phi) is 28.6.